The van der Waals surface area contributed by atoms with Crippen molar-refractivity contribution < 1.29 is 4.74 Å². The molecule has 0 spiro atoms. The van der Waals surface area contributed by atoms with Gasteiger partial charge in [-0.2, -0.15) is 5.10 Å². The first-order valence-electron chi connectivity index (χ1n) is 4.51. The highest BCUT2D eigenvalue weighted by Crippen LogP contribution is 2.27. The van der Waals surface area contributed by atoms with Crippen LogP contribution in [0.1, 0.15) is 0 Å². The van der Waals surface area contributed by atoms with Crippen molar-refractivity contribution in [2.45, 2.75) is 6.73 Å². The summed E-state index contributed by atoms with van der Waals surface area (Å²) in [5.41, 5.74) is 6.10. The monoisotopic (exact) mass is 293 g/mol. The van der Waals surface area contributed by atoms with E-state index in [-0.39, 0.29) is 19.1 Å². The normalized spacial score (nSPS) is 9.76. The van der Waals surface area contributed by atoms with Gasteiger partial charge in [-0.1, -0.05) is 23.2 Å². The van der Waals surface area contributed by atoms with Crippen LogP contribution in [-0.4, -0.2) is 9.78 Å². The van der Waals surface area contributed by atoms with Crippen molar-refractivity contribution in [2.24, 2.45) is 0 Å². The van der Waals surface area contributed by atoms with Crippen molar-refractivity contribution in [2.75, 3.05) is 5.73 Å². The Morgan fingerprint density at radius 2 is 2.12 bits per heavy atom. The lowest BCUT2D eigenvalue weighted by molar-refractivity contribution is 0.221. The van der Waals surface area contributed by atoms with E-state index in [1.807, 2.05) is 0 Å². The number of ether oxygens (including phenoxy) is 1. The molecule has 0 aliphatic rings. The second kappa shape index (κ2) is 6.00. The highest BCUT2D eigenvalue weighted by molar-refractivity contribution is 6.34. The minimum atomic E-state index is 0. The van der Waals surface area contributed by atoms with Crippen molar-refractivity contribution >= 4 is 41.3 Å². The fourth-order valence-electron chi connectivity index (χ4n) is 1.17. The summed E-state index contributed by atoms with van der Waals surface area (Å²) in [4.78, 5) is 0. The second-order valence-corrected chi connectivity index (χ2v) is 4.00. The molecule has 1 aromatic heterocycles. The fraction of sp³-hybridized carbons (Fsp3) is 0.100. The van der Waals surface area contributed by atoms with E-state index >= 15 is 0 Å². The van der Waals surface area contributed by atoms with Gasteiger partial charge in [0, 0.05) is 11.1 Å². The van der Waals surface area contributed by atoms with Crippen LogP contribution in [0.4, 0.5) is 5.69 Å². The first kappa shape index (κ1) is 14.0. The Morgan fingerprint density at radius 1 is 1.35 bits per heavy atom. The van der Waals surface area contributed by atoms with E-state index < -0.39 is 0 Å². The smallest absolute Gasteiger partial charge is 0.181 e. The number of nitrogen functional groups attached to an aromatic ring is 1. The zero-order valence-electron chi connectivity index (χ0n) is 8.64. The van der Waals surface area contributed by atoms with Crippen LogP contribution in [0, 0.1) is 0 Å². The maximum absolute atomic E-state index is 5.93. The average molecular weight is 295 g/mol. The molecule has 0 aliphatic carbocycles. The molecule has 2 N–H and O–H groups in total. The minimum absolute atomic E-state index is 0. The van der Waals surface area contributed by atoms with Crippen molar-refractivity contribution in [1.29, 1.82) is 0 Å². The van der Waals surface area contributed by atoms with E-state index in [2.05, 4.69) is 5.10 Å². The van der Waals surface area contributed by atoms with Gasteiger partial charge in [-0.25, -0.2) is 4.68 Å². The molecule has 0 radical (unpaired) electrons. The number of hydrogen-bond acceptors (Lipinski definition) is 3. The molecular weight excluding hydrogens is 284 g/mol. The van der Waals surface area contributed by atoms with Crippen molar-refractivity contribution in [3.05, 3.63) is 40.6 Å². The first-order valence-corrected chi connectivity index (χ1v) is 5.26. The van der Waals surface area contributed by atoms with Gasteiger partial charge in [0.1, 0.15) is 5.75 Å². The Balaban J connectivity index is 0.00000144. The molecule has 17 heavy (non-hydrogen) atoms. The van der Waals surface area contributed by atoms with Crippen LogP contribution in [0.15, 0.2) is 30.6 Å². The van der Waals surface area contributed by atoms with Gasteiger partial charge < -0.3 is 10.5 Å². The maximum atomic E-state index is 5.93. The van der Waals surface area contributed by atoms with E-state index in [1.54, 1.807) is 35.3 Å². The van der Waals surface area contributed by atoms with E-state index in [4.69, 9.17) is 33.7 Å². The summed E-state index contributed by atoms with van der Waals surface area (Å²) in [5.74, 6) is 0.517. The molecule has 0 saturated carbocycles. The predicted molar refractivity (Wildman–Crippen MR) is 71.0 cm³/mol. The van der Waals surface area contributed by atoms with Crippen molar-refractivity contribution in [3.63, 3.8) is 0 Å². The fourth-order valence-corrected chi connectivity index (χ4v) is 1.51. The summed E-state index contributed by atoms with van der Waals surface area (Å²) in [6.45, 7) is 0.233. The Kier molecular flexibility index (Phi) is 4.93. The molecule has 0 unspecified atom stereocenters. The highest BCUT2D eigenvalue weighted by atomic mass is 35.5. The Labute approximate surface area is 115 Å². The molecule has 2 aromatic rings. The number of halogens is 3. The van der Waals surface area contributed by atoms with Crippen molar-refractivity contribution in [1.82, 2.24) is 9.78 Å². The lowest BCUT2D eigenvalue weighted by Gasteiger charge is -2.07. The first-order chi connectivity index (χ1) is 7.65. The van der Waals surface area contributed by atoms with Gasteiger partial charge in [-0.3, -0.25) is 0 Å². The number of nitrogens with two attached hydrogens (primary N) is 1. The highest BCUT2D eigenvalue weighted by Gasteiger charge is 2.03. The number of rotatable bonds is 3. The Morgan fingerprint density at radius 3 is 2.76 bits per heavy atom. The van der Waals surface area contributed by atoms with Gasteiger partial charge in [0.2, 0.25) is 0 Å². The molecule has 1 aromatic carbocycles. The van der Waals surface area contributed by atoms with Crippen LogP contribution in [0.2, 0.25) is 10.0 Å². The molecule has 92 valence electrons. The SMILES string of the molecule is Cl.Nc1cnn(COc2cc(Cl)ccc2Cl)c1. The second-order valence-electron chi connectivity index (χ2n) is 3.16. The molecule has 0 fully saturated rings. The van der Waals surface area contributed by atoms with Gasteiger partial charge >= 0.3 is 0 Å². The van der Waals surface area contributed by atoms with E-state index in [1.165, 1.54) is 0 Å². The molecule has 1 heterocycles. The molecular formula is C10H10Cl3N3O. The molecule has 7 heteroatoms. The molecule has 2 rings (SSSR count). The molecule has 0 saturated heterocycles. The number of hydrogen-bond donors (Lipinski definition) is 1. The zero-order valence-corrected chi connectivity index (χ0v) is 11.0. The molecule has 0 atom stereocenters. The standard InChI is InChI=1S/C10H9Cl2N3O.ClH/c11-7-1-2-9(12)10(3-7)16-6-15-5-8(13)4-14-15;/h1-5H,6,13H2;1H. The van der Waals surface area contributed by atoms with E-state index in [9.17, 15) is 0 Å². The van der Waals surface area contributed by atoms with Gasteiger partial charge in [0.25, 0.3) is 0 Å². The number of aromatic nitrogens is 2. The molecule has 0 bridgehead atoms. The summed E-state index contributed by atoms with van der Waals surface area (Å²) >= 11 is 11.8. The van der Waals surface area contributed by atoms with E-state index in [0.29, 0.717) is 21.5 Å². The van der Waals surface area contributed by atoms with Gasteiger partial charge in [0.15, 0.2) is 6.73 Å². The summed E-state index contributed by atoms with van der Waals surface area (Å²) in [7, 11) is 0. The van der Waals surface area contributed by atoms with Crippen LogP contribution in [0.25, 0.3) is 0 Å². The van der Waals surface area contributed by atoms with Crippen LogP contribution < -0.4 is 10.5 Å². The Hall–Kier alpha value is -1.10. The van der Waals surface area contributed by atoms with Gasteiger partial charge in [-0.05, 0) is 12.1 Å². The summed E-state index contributed by atoms with van der Waals surface area (Å²) in [5, 5.41) is 5.05. The summed E-state index contributed by atoms with van der Waals surface area (Å²) in [6, 6.07) is 5.02. The topological polar surface area (TPSA) is 53.1 Å². The maximum Gasteiger partial charge on any atom is 0.181 e. The number of nitrogens with zero attached hydrogens (tertiary/aromatic N) is 2. The third kappa shape index (κ3) is 3.70. The Bertz CT molecular complexity index is 501. The average Bonchev–Trinajstić information content (AvgIpc) is 2.66. The minimum Gasteiger partial charge on any atom is -0.470 e. The lowest BCUT2D eigenvalue weighted by atomic mass is 10.3. The summed E-state index contributed by atoms with van der Waals surface area (Å²) in [6.07, 6.45) is 3.21. The number of anilines is 1. The molecule has 0 amide bonds. The van der Waals surface area contributed by atoms with E-state index in [0.717, 1.165) is 0 Å². The number of benzene rings is 1. The molecule has 0 aliphatic heterocycles. The largest absolute Gasteiger partial charge is 0.470 e. The zero-order chi connectivity index (χ0) is 11.5. The third-order valence-electron chi connectivity index (χ3n) is 1.90. The lowest BCUT2D eigenvalue weighted by Crippen LogP contribution is -2.05. The van der Waals surface area contributed by atoms with Crippen LogP contribution in [-0.2, 0) is 6.73 Å². The van der Waals surface area contributed by atoms with Gasteiger partial charge in [0.05, 0.1) is 23.1 Å². The van der Waals surface area contributed by atoms with Crippen LogP contribution in [0.3, 0.4) is 0 Å². The van der Waals surface area contributed by atoms with Crippen molar-refractivity contribution in [3.8, 4) is 5.75 Å². The van der Waals surface area contributed by atoms with Gasteiger partial charge in [-0.15, -0.1) is 12.4 Å². The summed E-state index contributed by atoms with van der Waals surface area (Å²) < 4.78 is 7.01. The van der Waals surface area contributed by atoms with Crippen LogP contribution in [0.5, 0.6) is 5.75 Å². The quantitative estimate of drug-likeness (QED) is 0.945. The van der Waals surface area contributed by atoms with Crippen LogP contribution >= 0.6 is 35.6 Å². The third-order valence-corrected chi connectivity index (χ3v) is 2.45. The predicted octanol–water partition coefficient (Wildman–Crippen LogP) is 3.23. The molecule has 4 nitrogen and oxygen atoms in total.